The molecule has 1 amide bonds. The maximum atomic E-state index is 12.8. The van der Waals surface area contributed by atoms with E-state index < -0.39 is 0 Å². The Morgan fingerprint density at radius 3 is 3.00 bits per heavy atom. The maximum absolute atomic E-state index is 12.8. The molecule has 1 atom stereocenters. The second-order valence-electron chi connectivity index (χ2n) is 7.91. The Labute approximate surface area is 170 Å². The number of hydrogen-bond acceptors (Lipinski definition) is 7. The largest absolute Gasteiger partial charge is 0.491 e. The molecule has 3 heterocycles. The molecule has 1 saturated heterocycles. The van der Waals surface area contributed by atoms with Crippen molar-refractivity contribution in [3.63, 3.8) is 0 Å². The van der Waals surface area contributed by atoms with Gasteiger partial charge in [0.1, 0.15) is 18.1 Å². The van der Waals surface area contributed by atoms with E-state index in [1.807, 2.05) is 6.07 Å². The monoisotopic (exact) mass is 400 g/mol. The van der Waals surface area contributed by atoms with Gasteiger partial charge in [0, 0.05) is 32.3 Å². The van der Waals surface area contributed by atoms with Crippen LogP contribution >= 0.6 is 0 Å². The molecular weight excluding hydrogens is 372 g/mol. The molecule has 8 heteroatoms. The second kappa shape index (κ2) is 8.92. The van der Waals surface area contributed by atoms with E-state index in [2.05, 4.69) is 27.3 Å². The first kappa shape index (κ1) is 19.8. The van der Waals surface area contributed by atoms with Crippen LogP contribution in [0, 0.1) is 12.8 Å². The van der Waals surface area contributed by atoms with Gasteiger partial charge in [-0.3, -0.25) is 9.69 Å². The summed E-state index contributed by atoms with van der Waals surface area (Å²) in [4.78, 5) is 17.1. The molecule has 29 heavy (non-hydrogen) atoms. The number of methoxy groups -OCH3 is 1. The third-order valence-corrected chi connectivity index (χ3v) is 5.66. The Morgan fingerprint density at radius 2 is 2.21 bits per heavy atom. The number of aryl methyl sites for hydroxylation is 1. The Bertz CT molecular complexity index is 851. The third-order valence-electron chi connectivity index (χ3n) is 5.66. The number of hydrogen-bond donors (Lipinski definition) is 0. The van der Waals surface area contributed by atoms with Gasteiger partial charge < -0.3 is 14.4 Å². The van der Waals surface area contributed by atoms with Crippen molar-refractivity contribution in [1.29, 1.82) is 0 Å². The van der Waals surface area contributed by atoms with E-state index >= 15 is 0 Å². The van der Waals surface area contributed by atoms with Crippen molar-refractivity contribution >= 4 is 5.91 Å². The zero-order valence-electron chi connectivity index (χ0n) is 17.1. The predicted molar refractivity (Wildman–Crippen MR) is 106 cm³/mol. The van der Waals surface area contributed by atoms with Gasteiger partial charge in [0.25, 0.3) is 5.91 Å². The minimum absolute atomic E-state index is 0.177. The highest BCUT2D eigenvalue weighted by molar-refractivity contribution is 5.93. The fourth-order valence-corrected chi connectivity index (χ4v) is 4.22. The maximum Gasteiger partial charge on any atom is 0.278 e. The van der Waals surface area contributed by atoms with Crippen LogP contribution in [-0.4, -0.2) is 66.0 Å². The van der Waals surface area contributed by atoms with Crippen LogP contribution in [0.2, 0.25) is 0 Å². The van der Waals surface area contributed by atoms with Gasteiger partial charge >= 0.3 is 0 Å². The summed E-state index contributed by atoms with van der Waals surface area (Å²) in [7, 11) is 1.77. The van der Waals surface area contributed by atoms with Crippen molar-refractivity contribution < 1.29 is 18.9 Å². The molecule has 0 spiro atoms. The highest BCUT2D eigenvalue weighted by Crippen LogP contribution is 2.27. The molecule has 0 N–H and O–H groups in total. The summed E-state index contributed by atoms with van der Waals surface area (Å²) in [6.07, 6.45) is 2.44. The van der Waals surface area contributed by atoms with Crippen LogP contribution in [0.3, 0.4) is 0 Å². The lowest BCUT2D eigenvalue weighted by Crippen LogP contribution is -2.36. The lowest BCUT2D eigenvalue weighted by atomic mass is 9.98. The molecule has 0 unspecified atom stereocenters. The van der Waals surface area contributed by atoms with Crippen LogP contribution in [-0.2, 0) is 17.8 Å². The summed E-state index contributed by atoms with van der Waals surface area (Å²) < 4.78 is 15.9. The van der Waals surface area contributed by atoms with E-state index in [0.29, 0.717) is 31.3 Å². The van der Waals surface area contributed by atoms with E-state index in [0.717, 1.165) is 37.6 Å². The van der Waals surface area contributed by atoms with Gasteiger partial charge in [-0.2, -0.15) is 0 Å². The highest BCUT2D eigenvalue weighted by Gasteiger charge is 2.26. The first-order valence-corrected chi connectivity index (χ1v) is 10.2. The number of piperidine rings is 1. The van der Waals surface area contributed by atoms with E-state index in [9.17, 15) is 4.79 Å². The minimum Gasteiger partial charge on any atom is -0.491 e. The number of aromatic nitrogens is 2. The molecule has 1 aromatic heterocycles. The Kier molecular flexibility index (Phi) is 6.10. The smallest absolute Gasteiger partial charge is 0.278 e. The van der Waals surface area contributed by atoms with Crippen molar-refractivity contribution in [2.24, 2.45) is 5.92 Å². The number of carbonyl (C=O) groups is 1. The minimum atomic E-state index is -0.177. The molecule has 0 radical (unpaired) electrons. The van der Waals surface area contributed by atoms with Crippen LogP contribution in [0.25, 0.3) is 0 Å². The number of rotatable bonds is 5. The lowest BCUT2D eigenvalue weighted by molar-refractivity contribution is 0.0721. The molecule has 156 valence electrons. The first-order valence-electron chi connectivity index (χ1n) is 10.2. The summed E-state index contributed by atoms with van der Waals surface area (Å²) in [5, 5.41) is 7.48. The van der Waals surface area contributed by atoms with Crippen molar-refractivity contribution in [3.8, 4) is 5.75 Å². The Balaban J connectivity index is 1.47. The molecule has 8 nitrogen and oxygen atoms in total. The van der Waals surface area contributed by atoms with E-state index in [-0.39, 0.29) is 11.6 Å². The van der Waals surface area contributed by atoms with Gasteiger partial charge in [0.05, 0.1) is 13.2 Å². The van der Waals surface area contributed by atoms with Gasteiger partial charge in [0.15, 0.2) is 5.69 Å². The predicted octanol–water partition coefficient (Wildman–Crippen LogP) is 2.27. The van der Waals surface area contributed by atoms with E-state index in [1.165, 1.54) is 18.4 Å². The summed E-state index contributed by atoms with van der Waals surface area (Å²) >= 11 is 0. The molecule has 1 fully saturated rings. The Morgan fingerprint density at radius 1 is 1.31 bits per heavy atom. The number of benzene rings is 1. The van der Waals surface area contributed by atoms with Crippen LogP contribution in [0.15, 0.2) is 22.8 Å². The summed E-state index contributed by atoms with van der Waals surface area (Å²) in [6.45, 7) is 7.05. The number of likely N-dealkylation sites (tertiary alicyclic amines) is 1. The molecule has 4 rings (SSSR count). The van der Waals surface area contributed by atoms with Crippen molar-refractivity contribution in [3.05, 3.63) is 40.7 Å². The molecule has 2 aliphatic heterocycles. The number of nitrogens with zero attached hydrogens (tertiary/aromatic N) is 4. The molecular formula is C21H28N4O4. The van der Waals surface area contributed by atoms with Crippen LogP contribution in [0.1, 0.15) is 40.2 Å². The average molecular weight is 400 g/mol. The standard InChI is InChI=1S/C21H28N4O4/c1-15-20(23-29-22-15)21(26)25-8-9-28-19-6-5-16(10-18(19)13-25)11-24-7-3-4-17(12-24)14-27-2/h5-6,10,17H,3-4,7-9,11-14H2,1-2H3/t17-/m0/s1. The summed E-state index contributed by atoms with van der Waals surface area (Å²) in [6, 6.07) is 6.31. The topological polar surface area (TPSA) is 80.9 Å². The zero-order chi connectivity index (χ0) is 20.2. The van der Waals surface area contributed by atoms with E-state index in [1.54, 1.807) is 18.9 Å². The van der Waals surface area contributed by atoms with Gasteiger partial charge in [-0.15, -0.1) is 0 Å². The normalized spacial score (nSPS) is 20.1. The SMILES string of the molecule is COC[C@H]1CCCN(Cc2ccc3c(c2)CN(C(=O)c2nonc2C)CCO3)C1. The molecule has 2 aromatic rings. The zero-order valence-corrected chi connectivity index (χ0v) is 17.1. The lowest BCUT2D eigenvalue weighted by Gasteiger charge is -2.32. The molecule has 2 aliphatic rings. The van der Waals surface area contributed by atoms with Crippen LogP contribution in [0.5, 0.6) is 5.75 Å². The van der Waals surface area contributed by atoms with Gasteiger partial charge in [-0.05, 0) is 55.1 Å². The number of ether oxygens (including phenoxy) is 2. The van der Waals surface area contributed by atoms with Gasteiger partial charge in [-0.25, -0.2) is 4.63 Å². The number of fused-ring (bicyclic) bond motifs is 1. The summed E-state index contributed by atoms with van der Waals surface area (Å²) in [5.74, 6) is 1.27. The molecule has 0 bridgehead atoms. The van der Waals surface area contributed by atoms with Crippen molar-refractivity contribution in [1.82, 2.24) is 20.1 Å². The quantitative estimate of drug-likeness (QED) is 0.762. The van der Waals surface area contributed by atoms with Crippen molar-refractivity contribution in [2.45, 2.75) is 32.9 Å². The number of carbonyl (C=O) groups excluding carboxylic acids is 1. The molecule has 0 aliphatic carbocycles. The molecule has 0 saturated carbocycles. The second-order valence-corrected chi connectivity index (χ2v) is 7.91. The fourth-order valence-electron chi connectivity index (χ4n) is 4.22. The third kappa shape index (κ3) is 4.59. The average Bonchev–Trinajstić information content (AvgIpc) is 3.03. The molecule has 1 aromatic carbocycles. The van der Waals surface area contributed by atoms with Crippen molar-refractivity contribution in [2.75, 3.05) is 40.0 Å². The van der Waals surface area contributed by atoms with Crippen LogP contribution < -0.4 is 4.74 Å². The van der Waals surface area contributed by atoms with E-state index in [4.69, 9.17) is 14.1 Å². The highest BCUT2D eigenvalue weighted by atomic mass is 16.6. The number of amides is 1. The van der Waals surface area contributed by atoms with Crippen LogP contribution in [0.4, 0.5) is 0 Å². The Hall–Kier alpha value is -2.45. The van der Waals surface area contributed by atoms with Gasteiger partial charge in [0.2, 0.25) is 0 Å². The first-order chi connectivity index (χ1) is 14.1. The fraction of sp³-hybridized carbons (Fsp3) is 0.571. The summed E-state index contributed by atoms with van der Waals surface area (Å²) in [5.41, 5.74) is 3.03. The van der Waals surface area contributed by atoms with Gasteiger partial charge in [-0.1, -0.05) is 11.2 Å².